The normalized spacial score (nSPS) is 15.2. The van der Waals surface area contributed by atoms with Crippen LogP contribution >= 0.6 is 0 Å². The van der Waals surface area contributed by atoms with Crippen molar-refractivity contribution < 1.29 is 22.7 Å². The van der Waals surface area contributed by atoms with E-state index in [2.05, 4.69) is 16.6 Å². The summed E-state index contributed by atoms with van der Waals surface area (Å²) in [5.41, 5.74) is 0.268. The van der Waals surface area contributed by atoms with Crippen molar-refractivity contribution in [3.8, 4) is 0 Å². The third-order valence-electron chi connectivity index (χ3n) is 4.18. The first-order chi connectivity index (χ1) is 12.9. The topological polar surface area (TPSA) is 105 Å². The van der Waals surface area contributed by atoms with Crippen LogP contribution in [-0.2, 0) is 14.8 Å². The van der Waals surface area contributed by atoms with E-state index >= 15 is 0 Å². The maximum Gasteiger partial charge on any atom is 0.409 e. The Morgan fingerprint density at radius 2 is 2.04 bits per heavy atom. The quantitative estimate of drug-likeness (QED) is 0.681. The standard InChI is InChI=1S/C18H25N3O5S/c1-3-10-19-27(24,25)16-7-5-6-14(13-16)17(22)20-15-8-11-21(12-9-15)18(23)26-4-2/h3,5-7,13,15,19H,1,4,8-12H2,2H3,(H,20,22). The lowest BCUT2D eigenvalue weighted by Gasteiger charge is -2.31. The molecule has 0 aliphatic carbocycles. The molecule has 8 nitrogen and oxygen atoms in total. The lowest BCUT2D eigenvalue weighted by Crippen LogP contribution is -2.46. The van der Waals surface area contributed by atoms with Crippen molar-refractivity contribution in [2.75, 3.05) is 26.2 Å². The van der Waals surface area contributed by atoms with E-state index in [0.29, 0.717) is 32.5 Å². The van der Waals surface area contributed by atoms with Crippen molar-refractivity contribution >= 4 is 22.0 Å². The Labute approximate surface area is 159 Å². The van der Waals surface area contributed by atoms with Gasteiger partial charge >= 0.3 is 6.09 Å². The molecule has 2 N–H and O–H groups in total. The molecule has 0 atom stereocenters. The van der Waals surface area contributed by atoms with Gasteiger partial charge in [0.2, 0.25) is 10.0 Å². The average molecular weight is 395 g/mol. The van der Waals surface area contributed by atoms with Crippen molar-refractivity contribution in [3.63, 3.8) is 0 Å². The highest BCUT2D eigenvalue weighted by molar-refractivity contribution is 7.89. The second kappa shape index (κ2) is 9.52. The maximum absolute atomic E-state index is 12.5. The van der Waals surface area contributed by atoms with Gasteiger partial charge in [-0.25, -0.2) is 17.9 Å². The van der Waals surface area contributed by atoms with Gasteiger partial charge in [-0.2, -0.15) is 0 Å². The largest absolute Gasteiger partial charge is 0.450 e. The molecule has 9 heteroatoms. The van der Waals surface area contributed by atoms with Crippen LogP contribution in [0.3, 0.4) is 0 Å². The number of carbonyl (C=O) groups is 2. The lowest BCUT2D eigenvalue weighted by atomic mass is 10.0. The number of amides is 2. The van der Waals surface area contributed by atoms with E-state index in [4.69, 9.17) is 4.74 Å². The van der Waals surface area contributed by atoms with Gasteiger partial charge in [-0.3, -0.25) is 4.79 Å². The minimum Gasteiger partial charge on any atom is -0.450 e. The molecular formula is C18H25N3O5S. The molecule has 1 fully saturated rings. The van der Waals surface area contributed by atoms with Gasteiger partial charge in [0.1, 0.15) is 0 Å². The summed E-state index contributed by atoms with van der Waals surface area (Å²) in [6.45, 7) is 6.67. The first kappa shape index (κ1) is 20.9. The monoisotopic (exact) mass is 395 g/mol. The number of hydrogen-bond donors (Lipinski definition) is 2. The number of ether oxygens (including phenoxy) is 1. The number of hydrogen-bond acceptors (Lipinski definition) is 5. The molecule has 0 bridgehead atoms. The van der Waals surface area contributed by atoms with E-state index < -0.39 is 10.0 Å². The fraction of sp³-hybridized carbons (Fsp3) is 0.444. The number of nitrogens with one attached hydrogen (secondary N) is 2. The summed E-state index contributed by atoms with van der Waals surface area (Å²) >= 11 is 0. The van der Waals surface area contributed by atoms with Crippen molar-refractivity contribution in [1.82, 2.24) is 14.9 Å². The molecule has 0 saturated carbocycles. The van der Waals surface area contributed by atoms with Gasteiger partial charge in [0, 0.05) is 31.2 Å². The molecular weight excluding hydrogens is 370 g/mol. The zero-order valence-electron chi connectivity index (χ0n) is 15.3. The highest BCUT2D eigenvalue weighted by atomic mass is 32.2. The van der Waals surface area contributed by atoms with Crippen molar-refractivity contribution in [2.24, 2.45) is 0 Å². The van der Waals surface area contributed by atoms with E-state index in [1.165, 1.54) is 24.3 Å². The zero-order valence-corrected chi connectivity index (χ0v) is 16.1. The molecule has 1 aromatic rings. The van der Waals surface area contributed by atoms with Crippen LogP contribution in [0.5, 0.6) is 0 Å². The molecule has 0 unspecified atom stereocenters. The SMILES string of the molecule is C=CCNS(=O)(=O)c1cccc(C(=O)NC2CCN(C(=O)OCC)CC2)c1. The van der Waals surface area contributed by atoms with E-state index in [1.807, 2.05) is 0 Å². The third kappa shape index (κ3) is 5.80. The molecule has 1 heterocycles. The van der Waals surface area contributed by atoms with Crippen LogP contribution in [-0.4, -0.2) is 57.6 Å². The Kier molecular flexibility index (Phi) is 7.37. The number of piperidine rings is 1. The average Bonchev–Trinajstić information content (AvgIpc) is 2.67. The fourth-order valence-electron chi connectivity index (χ4n) is 2.75. The summed E-state index contributed by atoms with van der Waals surface area (Å²) in [6.07, 6.45) is 2.33. The van der Waals surface area contributed by atoms with E-state index in [9.17, 15) is 18.0 Å². The van der Waals surface area contributed by atoms with Crippen LogP contribution in [0, 0.1) is 0 Å². The predicted octanol–water partition coefficient (Wildman–Crippen LogP) is 1.50. The van der Waals surface area contributed by atoms with Crippen molar-refractivity contribution in [2.45, 2.75) is 30.7 Å². The van der Waals surface area contributed by atoms with Crippen LogP contribution in [0.15, 0.2) is 41.8 Å². The summed E-state index contributed by atoms with van der Waals surface area (Å²) in [5.74, 6) is -0.342. The van der Waals surface area contributed by atoms with Crippen LogP contribution in [0.2, 0.25) is 0 Å². The van der Waals surface area contributed by atoms with Gasteiger partial charge < -0.3 is 15.0 Å². The Balaban J connectivity index is 1.96. The minimum absolute atomic E-state index is 0.0223. The molecule has 0 radical (unpaired) electrons. The molecule has 0 aromatic heterocycles. The van der Waals surface area contributed by atoms with E-state index in [-0.39, 0.29) is 35.0 Å². The predicted molar refractivity (Wildman–Crippen MR) is 101 cm³/mol. The first-order valence-corrected chi connectivity index (χ1v) is 10.3. The summed E-state index contributed by atoms with van der Waals surface area (Å²) < 4.78 is 31.7. The van der Waals surface area contributed by atoms with E-state index in [1.54, 1.807) is 17.9 Å². The Hall–Kier alpha value is -2.39. The highest BCUT2D eigenvalue weighted by Gasteiger charge is 2.25. The van der Waals surface area contributed by atoms with Crippen LogP contribution in [0.4, 0.5) is 4.79 Å². The van der Waals surface area contributed by atoms with Crippen molar-refractivity contribution in [3.05, 3.63) is 42.5 Å². The second-order valence-electron chi connectivity index (χ2n) is 6.10. The Bertz CT molecular complexity index is 786. The Morgan fingerprint density at radius 1 is 1.33 bits per heavy atom. The summed E-state index contributed by atoms with van der Waals surface area (Å²) in [5, 5.41) is 2.90. The molecule has 1 aromatic carbocycles. The molecule has 1 aliphatic rings. The molecule has 148 valence electrons. The number of sulfonamides is 1. The molecule has 1 saturated heterocycles. The van der Waals surface area contributed by atoms with Gasteiger partial charge in [0.25, 0.3) is 5.91 Å². The zero-order chi connectivity index (χ0) is 19.9. The minimum atomic E-state index is -3.69. The van der Waals surface area contributed by atoms with Gasteiger partial charge in [-0.15, -0.1) is 6.58 Å². The number of rotatable bonds is 7. The molecule has 0 spiro atoms. The molecule has 2 amide bonds. The summed E-state index contributed by atoms with van der Waals surface area (Å²) in [7, 11) is -3.69. The van der Waals surface area contributed by atoms with Crippen LogP contribution in [0.1, 0.15) is 30.1 Å². The third-order valence-corrected chi connectivity index (χ3v) is 5.60. The second-order valence-corrected chi connectivity index (χ2v) is 7.87. The summed E-state index contributed by atoms with van der Waals surface area (Å²) in [6, 6.07) is 5.78. The van der Waals surface area contributed by atoms with Gasteiger partial charge in [-0.05, 0) is 38.0 Å². The van der Waals surface area contributed by atoms with Crippen LogP contribution in [0.25, 0.3) is 0 Å². The van der Waals surface area contributed by atoms with Gasteiger partial charge in [0.05, 0.1) is 11.5 Å². The van der Waals surface area contributed by atoms with Crippen molar-refractivity contribution in [1.29, 1.82) is 0 Å². The Morgan fingerprint density at radius 3 is 2.67 bits per heavy atom. The summed E-state index contributed by atoms with van der Waals surface area (Å²) in [4.78, 5) is 25.8. The first-order valence-electron chi connectivity index (χ1n) is 8.80. The van der Waals surface area contributed by atoms with Gasteiger partial charge in [-0.1, -0.05) is 12.1 Å². The fourth-order valence-corrected chi connectivity index (χ4v) is 3.79. The maximum atomic E-state index is 12.5. The molecule has 2 rings (SSSR count). The molecule has 27 heavy (non-hydrogen) atoms. The lowest BCUT2D eigenvalue weighted by molar-refractivity contribution is 0.0860. The smallest absolute Gasteiger partial charge is 0.409 e. The molecule has 1 aliphatic heterocycles. The van der Waals surface area contributed by atoms with Crippen LogP contribution < -0.4 is 10.0 Å². The van der Waals surface area contributed by atoms with E-state index in [0.717, 1.165) is 0 Å². The van der Waals surface area contributed by atoms with Gasteiger partial charge in [0.15, 0.2) is 0 Å². The number of benzene rings is 1. The highest BCUT2D eigenvalue weighted by Crippen LogP contribution is 2.15. The number of likely N-dealkylation sites (tertiary alicyclic amines) is 1. The number of carbonyl (C=O) groups excluding carboxylic acids is 2. The number of nitrogens with zero attached hydrogens (tertiary/aromatic N) is 1.